The predicted molar refractivity (Wildman–Crippen MR) is 73.5 cm³/mol. The van der Waals surface area contributed by atoms with Crippen molar-refractivity contribution in [3.05, 3.63) is 35.1 Å². The fourth-order valence-corrected chi connectivity index (χ4v) is 2.72. The third-order valence-corrected chi connectivity index (χ3v) is 3.84. The third-order valence-electron chi connectivity index (χ3n) is 3.84. The van der Waals surface area contributed by atoms with Gasteiger partial charge >= 0.3 is 0 Å². The van der Waals surface area contributed by atoms with E-state index in [1.807, 2.05) is 6.92 Å². The maximum atomic E-state index is 14.1. The topological polar surface area (TPSA) is 46.3 Å². The Morgan fingerprint density at radius 1 is 1.47 bits per heavy atom. The van der Waals surface area contributed by atoms with Crippen molar-refractivity contribution in [2.45, 2.75) is 45.2 Å². The van der Waals surface area contributed by atoms with Crippen LogP contribution in [0, 0.1) is 12.7 Å². The standard InChI is InChI=1S/C15H21FN2O/c1-10-6-5-7-12(14(10)16)15(19)18-9-4-3-8-13(18)11(2)17/h5-7,11,13H,3-4,8-9,17H2,1-2H3. The van der Waals surface area contributed by atoms with Crippen LogP contribution >= 0.6 is 0 Å². The largest absolute Gasteiger partial charge is 0.334 e. The molecule has 1 heterocycles. The van der Waals surface area contributed by atoms with E-state index in [0.29, 0.717) is 12.1 Å². The number of rotatable bonds is 2. The molecule has 4 heteroatoms. The quantitative estimate of drug-likeness (QED) is 0.892. The Bertz CT molecular complexity index is 473. The molecule has 1 aromatic carbocycles. The molecule has 1 aliphatic heterocycles. The summed E-state index contributed by atoms with van der Waals surface area (Å²) in [4.78, 5) is 14.3. The number of amides is 1. The Hall–Kier alpha value is -1.42. The van der Waals surface area contributed by atoms with Gasteiger partial charge in [0.2, 0.25) is 0 Å². The van der Waals surface area contributed by atoms with Crippen molar-refractivity contribution in [1.82, 2.24) is 4.90 Å². The highest BCUT2D eigenvalue weighted by molar-refractivity contribution is 5.95. The molecule has 19 heavy (non-hydrogen) atoms. The van der Waals surface area contributed by atoms with E-state index < -0.39 is 5.82 Å². The average molecular weight is 264 g/mol. The van der Waals surface area contributed by atoms with E-state index in [0.717, 1.165) is 19.3 Å². The van der Waals surface area contributed by atoms with Gasteiger partial charge in [0.15, 0.2) is 0 Å². The van der Waals surface area contributed by atoms with Gasteiger partial charge in [-0.2, -0.15) is 0 Å². The van der Waals surface area contributed by atoms with E-state index in [1.165, 1.54) is 0 Å². The number of hydrogen-bond acceptors (Lipinski definition) is 2. The normalized spacial score (nSPS) is 21.3. The number of benzene rings is 1. The number of carbonyl (C=O) groups excluding carboxylic acids is 1. The average Bonchev–Trinajstić information content (AvgIpc) is 2.41. The molecule has 1 amide bonds. The molecule has 2 N–H and O–H groups in total. The van der Waals surface area contributed by atoms with Gasteiger partial charge < -0.3 is 10.6 Å². The molecule has 2 rings (SSSR count). The SMILES string of the molecule is Cc1cccc(C(=O)N2CCCCC2C(C)N)c1F. The Kier molecular flexibility index (Phi) is 4.20. The van der Waals surface area contributed by atoms with E-state index in [4.69, 9.17) is 5.73 Å². The van der Waals surface area contributed by atoms with Crippen LogP contribution in [0.1, 0.15) is 42.1 Å². The number of nitrogens with zero attached hydrogens (tertiary/aromatic N) is 1. The van der Waals surface area contributed by atoms with E-state index in [1.54, 1.807) is 30.0 Å². The second kappa shape index (κ2) is 5.70. The molecule has 0 saturated carbocycles. The van der Waals surface area contributed by atoms with Gasteiger partial charge in [0.05, 0.1) is 5.56 Å². The monoisotopic (exact) mass is 264 g/mol. The van der Waals surface area contributed by atoms with E-state index in [-0.39, 0.29) is 23.6 Å². The van der Waals surface area contributed by atoms with Crippen molar-refractivity contribution in [3.63, 3.8) is 0 Å². The summed E-state index contributed by atoms with van der Waals surface area (Å²) in [6, 6.07) is 4.87. The van der Waals surface area contributed by atoms with Crippen LogP contribution in [0.5, 0.6) is 0 Å². The van der Waals surface area contributed by atoms with Gasteiger partial charge in [0, 0.05) is 18.6 Å². The van der Waals surface area contributed by atoms with Gasteiger partial charge in [-0.3, -0.25) is 4.79 Å². The van der Waals surface area contributed by atoms with Crippen LogP contribution in [0.15, 0.2) is 18.2 Å². The van der Waals surface area contributed by atoms with Crippen molar-refractivity contribution in [3.8, 4) is 0 Å². The highest BCUT2D eigenvalue weighted by Crippen LogP contribution is 2.23. The summed E-state index contributed by atoms with van der Waals surface area (Å²) < 4.78 is 14.1. The number of hydrogen-bond donors (Lipinski definition) is 1. The Balaban J connectivity index is 2.29. The second-order valence-electron chi connectivity index (χ2n) is 5.36. The van der Waals surface area contributed by atoms with Gasteiger partial charge in [-0.05, 0) is 44.7 Å². The second-order valence-corrected chi connectivity index (χ2v) is 5.36. The first-order valence-electron chi connectivity index (χ1n) is 6.84. The van der Waals surface area contributed by atoms with E-state index >= 15 is 0 Å². The molecule has 1 fully saturated rings. The molecule has 0 spiro atoms. The Morgan fingerprint density at radius 2 is 2.21 bits per heavy atom. The molecule has 2 unspecified atom stereocenters. The summed E-state index contributed by atoms with van der Waals surface area (Å²) in [6.07, 6.45) is 2.94. The first-order valence-corrected chi connectivity index (χ1v) is 6.84. The zero-order valence-corrected chi connectivity index (χ0v) is 11.5. The van der Waals surface area contributed by atoms with Gasteiger partial charge in [0.25, 0.3) is 5.91 Å². The molecule has 0 aliphatic carbocycles. The number of carbonyl (C=O) groups is 1. The molecule has 3 nitrogen and oxygen atoms in total. The number of aryl methyl sites for hydroxylation is 1. The minimum absolute atomic E-state index is 0.0150. The minimum Gasteiger partial charge on any atom is -0.334 e. The summed E-state index contributed by atoms with van der Waals surface area (Å²) in [5.74, 6) is -0.648. The smallest absolute Gasteiger partial charge is 0.257 e. The van der Waals surface area contributed by atoms with Crippen LogP contribution in [-0.2, 0) is 0 Å². The zero-order chi connectivity index (χ0) is 14.0. The highest BCUT2D eigenvalue weighted by atomic mass is 19.1. The van der Waals surface area contributed by atoms with Crippen LogP contribution in [-0.4, -0.2) is 29.4 Å². The van der Waals surface area contributed by atoms with Crippen molar-refractivity contribution >= 4 is 5.91 Å². The summed E-state index contributed by atoms with van der Waals surface area (Å²) in [7, 11) is 0. The molecule has 0 radical (unpaired) electrons. The maximum absolute atomic E-state index is 14.1. The molecule has 104 valence electrons. The number of likely N-dealkylation sites (tertiary alicyclic amines) is 1. The molecular formula is C15H21FN2O. The molecule has 0 bridgehead atoms. The summed E-state index contributed by atoms with van der Waals surface area (Å²) >= 11 is 0. The van der Waals surface area contributed by atoms with Gasteiger partial charge in [-0.25, -0.2) is 4.39 Å². The Labute approximate surface area is 113 Å². The fraction of sp³-hybridized carbons (Fsp3) is 0.533. The summed E-state index contributed by atoms with van der Waals surface area (Å²) in [5, 5.41) is 0. The van der Waals surface area contributed by atoms with Crippen LogP contribution in [0.4, 0.5) is 4.39 Å². The fourth-order valence-electron chi connectivity index (χ4n) is 2.72. The zero-order valence-electron chi connectivity index (χ0n) is 11.5. The molecule has 1 aromatic rings. The number of halogens is 1. The van der Waals surface area contributed by atoms with Gasteiger partial charge in [0.1, 0.15) is 5.82 Å². The lowest BCUT2D eigenvalue weighted by atomic mass is 9.95. The lowest BCUT2D eigenvalue weighted by molar-refractivity contribution is 0.0579. The van der Waals surface area contributed by atoms with Crippen molar-refractivity contribution < 1.29 is 9.18 Å². The van der Waals surface area contributed by atoms with Crippen molar-refractivity contribution in [2.24, 2.45) is 5.73 Å². The van der Waals surface area contributed by atoms with E-state index in [9.17, 15) is 9.18 Å². The first kappa shape index (κ1) is 14.0. The van der Waals surface area contributed by atoms with Crippen LogP contribution in [0.25, 0.3) is 0 Å². The first-order chi connectivity index (χ1) is 9.02. The lowest BCUT2D eigenvalue weighted by Crippen LogP contribution is -2.51. The van der Waals surface area contributed by atoms with Crippen LogP contribution in [0.2, 0.25) is 0 Å². The van der Waals surface area contributed by atoms with Crippen LogP contribution in [0.3, 0.4) is 0 Å². The van der Waals surface area contributed by atoms with Crippen molar-refractivity contribution in [2.75, 3.05) is 6.54 Å². The molecule has 1 saturated heterocycles. The number of nitrogens with two attached hydrogens (primary N) is 1. The third kappa shape index (κ3) is 2.78. The van der Waals surface area contributed by atoms with Gasteiger partial charge in [-0.1, -0.05) is 12.1 Å². The van der Waals surface area contributed by atoms with Crippen molar-refractivity contribution in [1.29, 1.82) is 0 Å². The maximum Gasteiger partial charge on any atom is 0.257 e. The Morgan fingerprint density at radius 3 is 2.89 bits per heavy atom. The molecule has 1 aliphatic rings. The highest BCUT2D eigenvalue weighted by Gasteiger charge is 2.31. The lowest BCUT2D eigenvalue weighted by Gasteiger charge is -2.38. The van der Waals surface area contributed by atoms with Gasteiger partial charge in [-0.15, -0.1) is 0 Å². The molecular weight excluding hydrogens is 243 g/mol. The molecule has 0 aromatic heterocycles. The van der Waals surface area contributed by atoms with E-state index in [2.05, 4.69) is 0 Å². The minimum atomic E-state index is -0.415. The molecule has 2 atom stereocenters. The number of piperidine rings is 1. The van der Waals surface area contributed by atoms with Crippen LogP contribution < -0.4 is 5.73 Å². The summed E-state index contributed by atoms with van der Waals surface area (Å²) in [6.45, 7) is 4.24. The predicted octanol–water partition coefficient (Wildman–Crippen LogP) is 2.48. The summed E-state index contributed by atoms with van der Waals surface area (Å²) in [5.41, 5.74) is 6.61.